The number of aromatic nitrogens is 3. The summed E-state index contributed by atoms with van der Waals surface area (Å²) in [6.07, 6.45) is 3.48. The zero-order valence-electron chi connectivity index (χ0n) is 13.8. The number of halogens is 2. The van der Waals surface area contributed by atoms with Crippen LogP contribution in [-0.4, -0.2) is 20.7 Å². The third-order valence-electron chi connectivity index (χ3n) is 4.96. The lowest BCUT2D eigenvalue weighted by atomic mass is 10.1. The molecular weight excluding hydrogens is 358 g/mol. The van der Waals surface area contributed by atoms with Crippen LogP contribution in [0.4, 0.5) is 13.9 Å². The van der Waals surface area contributed by atoms with Crippen LogP contribution in [0.25, 0.3) is 5.69 Å². The SMILES string of the molecule is Cc1cnc(NC(=O)c2nn(-c3ccc(F)cc3F)c3c2C[C@H]2C[C@@H]32)s1. The van der Waals surface area contributed by atoms with E-state index in [1.807, 2.05) is 6.92 Å². The molecule has 132 valence electrons. The first-order valence-corrected chi connectivity index (χ1v) is 9.14. The average molecular weight is 372 g/mol. The molecule has 2 aliphatic carbocycles. The number of carbonyl (C=O) groups is 1. The topological polar surface area (TPSA) is 59.8 Å². The summed E-state index contributed by atoms with van der Waals surface area (Å²) in [5, 5.41) is 7.66. The van der Waals surface area contributed by atoms with Crippen molar-refractivity contribution < 1.29 is 13.6 Å². The standard InChI is InChI=1S/C18H14F2N4OS/c1-8-7-21-18(26-8)22-17(25)15-12-5-9-4-11(9)16(12)24(23-15)14-3-2-10(19)6-13(14)20/h2-3,6-7,9,11H,4-5H2,1H3,(H,21,22,25)/t9-,11-/m1/s1. The first-order chi connectivity index (χ1) is 12.5. The molecule has 2 atom stereocenters. The molecule has 0 saturated heterocycles. The Morgan fingerprint density at radius 2 is 2.23 bits per heavy atom. The molecule has 0 bridgehead atoms. The summed E-state index contributed by atoms with van der Waals surface area (Å²) in [5.74, 6) is -0.895. The largest absolute Gasteiger partial charge is 0.296 e. The van der Waals surface area contributed by atoms with E-state index in [0.717, 1.165) is 35.0 Å². The molecule has 26 heavy (non-hydrogen) atoms. The Balaban J connectivity index is 1.57. The van der Waals surface area contributed by atoms with Crippen molar-refractivity contribution in [3.05, 3.63) is 57.9 Å². The molecule has 1 N–H and O–H groups in total. The number of nitrogens with one attached hydrogen (secondary N) is 1. The first-order valence-electron chi connectivity index (χ1n) is 8.32. The fraction of sp³-hybridized carbons (Fsp3) is 0.278. The summed E-state index contributed by atoms with van der Waals surface area (Å²) in [6, 6.07) is 3.39. The van der Waals surface area contributed by atoms with E-state index in [1.165, 1.54) is 28.2 Å². The molecule has 0 unspecified atom stereocenters. The highest BCUT2D eigenvalue weighted by molar-refractivity contribution is 7.15. The Kier molecular flexibility index (Phi) is 3.27. The zero-order chi connectivity index (χ0) is 18.0. The Labute approximate surface area is 151 Å². The summed E-state index contributed by atoms with van der Waals surface area (Å²) in [7, 11) is 0. The van der Waals surface area contributed by atoms with E-state index < -0.39 is 11.6 Å². The highest BCUT2D eigenvalue weighted by atomic mass is 32.1. The minimum absolute atomic E-state index is 0.166. The molecule has 3 aromatic rings. The summed E-state index contributed by atoms with van der Waals surface area (Å²) < 4.78 is 29.0. The third-order valence-corrected chi connectivity index (χ3v) is 5.79. The van der Waals surface area contributed by atoms with Gasteiger partial charge in [-0.1, -0.05) is 0 Å². The maximum Gasteiger partial charge on any atom is 0.278 e. The van der Waals surface area contributed by atoms with Crippen molar-refractivity contribution in [2.45, 2.75) is 25.7 Å². The van der Waals surface area contributed by atoms with Gasteiger partial charge in [-0.25, -0.2) is 18.4 Å². The molecule has 2 aliphatic rings. The second-order valence-corrected chi connectivity index (χ2v) is 7.99. The Hall–Kier alpha value is -2.61. The molecule has 2 aromatic heterocycles. The maximum atomic E-state index is 14.3. The van der Waals surface area contributed by atoms with Gasteiger partial charge in [-0.3, -0.25) is 10.1 Å². The van der Waals surface area contributed by atoms with Crippen LogP contribution in [0.2, 0.25) is 0 Å². The van der Waals surface area contributed by atoms with Crippen molar-refractivity contribution in [2.24, 2.45) is 5.92 Å². The van der Waals surface area contributed by atoms with Crippen molar-refractivity contribution in [1.82, 2.24) is 14.8 Å². The van der Waals surface area contributed by atoms with Gasteiger partial charge in [-0.15, -0.1) is 11.3 Å². The lowest BCUT2D eigenvalue weighted by Gasteiger charge is -2.07. The van der Waals surface area contributed by atoms with E-state index in [0.29, 0.717) is 22.7 Å². The Bertz CT molecular complexity index is 1060. The summed E-state index contributed by atoms with van der Waals surface area (Å²) >= 11 is 1.38. The van der Waals surface area contributed by atoms with Crippen LogP contribution in [0.15, 0.2) is 24.4 Å². The highest BCUT2D eigenvalue weighted by Crippen LogP contribution is 2.57. The number of amides is 1. The van der Waals surface area contributed by atoms with Crippen LogP contribution in [0.1, 0.15) is 39.0 Å². The Morgan fingerprint density at radius 1 is 1.38 bits per heavy atom. The van der Waals surface area contributed by atoms with Crippen molar-refractivity contribution in [1.29, 1.82) is 0 Å². The van der Waals surface area contributed by atoms with Crippen molar-refractivity contribution in [2.75, 3.05) is 5.32 Å². The molecule has 1 fully saturated rings. The lowest BCUT2D eigenvalue weighted by molar-refractivity contribution is 0.102. The molecule has 8 heteroatoms. The number of hydrogen-bond donors (Lipinski definition) is 1. The fourth-order valence-electron chi connectivity index (χ4n) is 3.70. The van der Waals surface area contributed by atoms with Gasteiger partial charge < -0.3 is 0 Å². The molecule has 1 amide bonds. The van der Waals surface area contributed by atoms with E-state index in [9.17, 15) is 13.6 Å². The number of hydrogen-bond acceptors (Lipinski definition) is 4. The van der Waals surface area contributed by atoms with Gasteiger partial charge in [0.2, 0.25) is 0 Å². The van der Waals surface area contributed by atoms with Crippen LogP contribution >= 0.6 is 11.3 Å². The van der Waals surface area contributed by atoms with Gasteiger partial charge in [0, 0.05) is 28.6 Å². The molecule has 2 heterocycles. The normalized spacial score (nSPS) is 20.0. The molecule has 5 rings (SSSR count). The zero-order valence-corrected chi connectivity index (χ0v) is 14.6. The lowest BCUT2D eigenvalue weighted by Crippen LogP contribution is -2.15. The highest BCUT2D eigenvalue weighted by Gasteiger charge is 2.50. The smallest absolute Gasteiger partial charge is 0.278 e. The number of nitrogens with zero attached hydrogens (tertiary/aromatic N) is 3. The minimum Gasteiger partial charge on any atom is -0.296 e. The molecule has 0 aliphatic heterocycles. The first kappa shape index (κ1) is 15.6. The average Bonchev–Trinajstić information content (AvgIpc) is 2.91. The van der Waals surface area contributed by atoms with Crippen LogP contribution in [-0.2, 0) is 6.42 Å². The van der Waals surface area contributed by atoms with Gasteiger partial charge in [0.15, 0.2) is 16.6 Å². The molecule has 5 nitrogen and oxygen atoms in total. The van der Waals surface area contributed by atoms with E-state index in [2.05, 4.69) is 15.4 Å². The maximum absolute atomic E-state index is 14.3. The van der Waals surface area contributed by atoms with Gasteiger partial charge in [0.1, 0.15) is 11.5 Å². The summed E-state index contributed by atoms with van der Waals surface area (Å²) in [5.41, 5.74) is 2.20. The number of anilines is 1. The number of rotatable bonds is 3. The van der Waals surface area contributed by atoms with Crippen molar-refractivity contribution in [3.8, 4) is 5.69 Å². The molecule has 0 spiro atoms. The fourth-order valence-corrected chi connectivity index (χ4v) is 4.36. The van der Waals surface area contributed by atoms with Gasteiger partial charge in [-0.2, -0.15) is 5.10 Å². The molecule has 0 radical (unpaired) electrons. The number of fused-ring (bicyclic) bond motifs is 3. The number of benzene rings is 1. The number of carbonyl (C=O) groups excluding carboxylic acids is 1. The minimum atomic E-state index is -0.693. The van der Waals surface area contributed by atoms with Crippen LogP contribution in [0.5, 0.6) is 0 Å². The number of thiazole rings is 1. The predicted octanol–water partition coefficient (Wildman–Crippen LogP) is 3.83. The van der Waals surface area contributed by atoms with Gasteiger partial charge in [0.25, 0.3) is 5.91 Å². The third kappa shape index (κ3) is 2.36. The van der Waals surface area contributed by atoms with E-state index in [1.54, 1.807) is 6.20 Å². The van der Waals surface area contributed by atoms with E-state index >= 15 is 0 Å². The van der Waals surface area contributed by atoms with Gasteiger partial charge in [-0.05, 0) is 37.8 Å². The van der Waals surface area contributed by atoms with Gasteiger partial charge >= 0.3 is 0 Å². The second kappa shape index (κ2) is 5.44. The van der Waals surface area contributed by atoms with Crippen LogP contribution in [0, 0.1) is 24.5 Å². The van der Waals surface area contributed by atoms with E-state index in [4.69, 9.17) is 0 Å². The van der Waals surface area contributed by atoms with Crippen molar-refractivity contribution >= 4 is 22.4 Å². The Morgan fingerprint density at radius 3 is 2.96 bits per heavy atom. The second-order valence-electron chi connectivity index (χ2n) is 6.76. The monoisotopic (exact) mass is 372 g/mol. The molecular formula is C18H14F2N4OS. The molecule has 1 saturated carbocycles. The molecule has 1 aromatic carbocycles. The van der Waals surface area contributed by atoms with Crippen LogP contribution < -0.4 is 5.32 Å². The quantitative estimate of drug-likeness (QED) is 0.760. The van der Waals surface area contributed by atoms with E-state index in [-0.39, 0.29) is 11.6 Å². The number of aryl methyl sites for hydroxylation is 1. The predicted molar refractivity (Wildman–Crippen MR) is 92.8 cm³/mol. The van der Waals surface area contributed by atoms with Crippen LogP contribution in [0.3, 0.4) is 0 Å². The summed E-state index contributed by atoms with van der Waals surface area (Å²) in [4.78, 5) is 17.8. The summed E-state index contributed by atoms with van der Waals surface area (Å²) in [6.45, 7) is 1.91. The van der Waals surface area contributed by atoms with Crippen molar-refractivity contribution in [3.63, 3.8) is 0 Å². The van der Waals surface area contributed by atoms with Gasteiger partial charge in [0.05, 0.1) is 5.69 Å².